The molecule has 0 radical (unpaired) electrons. The van der Waals surface area contributed by atoms with Crippen LogP contribution in [0.5, 0.6) is 0 Å². The Hall–Kier alpha value is -0.750. The van der Waals surface area contributed by atoms with Crippen molar-refractivity contribution >= 4 is 5.91 Å². The van der Waals surface area contributed by atoms with Crippen LogP contribution in [-0.4, -0.2) is 54.2 Å². The van der Waals surface area contributed by atoms with Crippen LogP contribution in [0.15, 0.2) is 0 Å². The first kappa shape index (κ1) is 14.2. The predicted molar refractivity (Wildman–Crippen MR) is 67.6 cm³/mol. The molecule has 0 N–H and O–H groups in total. The first-order valence-electron chi connectivity index (χ1n) is 7.21. The molecular formula is C14H21F2NO3. The molecule has 0 aromatic heterocycles. The van der Waals surface area contributed by atoms with Crippen molar-refractivity contribution in [1.29, 1.82) is 0 Å². The Balaban J connectivity index is 1.60. The van der Waals surface area contributed by atoms with Gasteiger partial charge in [-0.15, -0.1) is 0 Å². The molecule has 1 aliphatic carbocycles. The van der Waals surface area contributed by atoms with Gasteiger partial charge in [0.15, 0.2) is 0 Å². The van der Waals surface area contributed by atoms with Crippen molar-refractivity contribution < 1.29 is 23.0 Å². The van der Waals surface area contributed by atoms with E-state index in [-0.39, 0.29) is 37.3 Å². The third-order valence-electron chi connectivity index (χ3n) is 4.40. The number of halogens is 2. The van der Waals surface area contributed by atoms with Gasteiger partial charge in [0.25, 0.3) is 5.92 Å². The molecule has 4 nitrogen and oxygen atoms in total. The molecular weight excluding hydrogens is 268 g/mol. The fourth-order valence-corrected chi connectivity index (χ4v) is 3.20. The van der Waals surface area contributed by atoms with Gasteiger partial charge < -0.3 is 14.4 Å². The quantitative estimate of drug-likeness (QED) is 0.795. The van der Waals surface area contributed by atoms with Gasteiger partial charge in [0.05, 0.1) is 24.9 Å². The maximum Gasteiger partial charge on any atom is 0.251 e. The smallest absolute Gasteiger partial charge is 0.251 e. The molecule has 3 aliphatic rings. The molecule has 2 aliphatic heterocycles. The molecule has 1 unspecified atom stereocenters. The summed E-state index contributed by atoms with van der Waals surface area (Å²) in [4.78, 5) is 14.1. The molecule has 3 rings (SSSR count). The van der Waals surface area contributed by atoms with Crippen LogP contribution in [0.1, 0.15) is 33.1 Å². The number of fused-ring (bicyclic) bond motifs is 1. The molecule has 0 spiro atoms. The Labute approximate surface area is 117 Å². The summed E-state index contributed by atoms with van der Waals surface area (Å²) in [6.45, 7) is 5.36. The van der Waals surface area contributed by atoms with Gasteiger partial charge in [0.2, 0.25) is 5.91 Å². The third-order valence-corrected chi connectivity index (χ3v) is 4.40. The first-order valence-corrected chi connectivity index (χ1v) is 7.21. The maximum atomic E-state index is 12.9. The molecule has 3 fully saturated rings. The summed E-state index contributed by atoms with van der Waals surface area (Å²) in [6.07, 6.45) is 0.316. The fourth-order valence-electron chi connectivity index (χ4n) is 3.20. The molecule has 1 saturated carbocycles. The van der Waals surface area contributed by atoms with Crippen LogP contribution in [0.25, 0.3) is 0 Å². The van der Waals surface area contributed by atoms with Crippen LogP contribution >= 0.6 is 0 Å². The van der Waals surface area contributed by atoms with Crippen molar-refractivity contribution in [2.24, 2.45) is 5.92 Å². The van der Waals surface area contributed by atoms with Crippen molar-refractivity contribution in [3.8, 4) is 0 Å². The zero-order valence-electron chi connectivity index (χ0n) is 11.9. The topological polar surface area (TPSA) is 38.8 Å². The van der Waals surface area contributed by atoms with Gasteiger partial charge in [0.1, 0.15) is 6.10 Å². The monoisotopic (exact) mass is 289 g/mol. The number of alkyl halides is 2. The van der Waals surface area contributed by atoms with Crippen molar-refractivity contribution in [2.75, 3.05) is 19.8 Å². The maximum absolute atomic E-state index is 12.9. The van der Waals surface area contributed by atoms with E-state index in [0.717, 1.165) is 0 Å². The highest BCUT2D eigenvalue weighted by Crippen LogP contribution is 2.51. The number of carbonyl (C=O) groups is 1. The second kappa shape index (κ2) is 4.63. The van der Waals surface area contributed by atoms with Gasteiger partial charge >= 0.3 is 0 Å². The number of nitrogens with zero attached hydrogens (tertiary/aromatic N) is 1. The number of morpholine rings is 1. The highest BCUT2D eigenvalue weighted by atomic mass is 19.3. The van der Waals surface area contributed by atoms with E-state index in [1.807, 2.05) is 13.8 Å². The number of carbonyl (C=O) groups excluding carboxylic acids is 1. The zero-order chi connectivity index (χ0) is 14.5. The number of amides is 1. The lowest BCUT2D eigenvalue weighted by atomic mass is 10.00. The van der Waals surface area contributed by atoms with E-state index in [0.29, 0.717) is 19.8 Å². The average molecular weight is 289 g/mol. The molecule has 0 aromatic carbocycles. The molecule has 2 saturated heterocycles. The van der Waals surface area contributed by atoms with E-state index < -0.39 is 17.4 Å². The lowest BCUT2D eigenvalue weighted by molar-refractivity contribution is -0.169. The van der Waals surface area contributed by atoms with Gasteiger partial charge in [-0.05, 0) is 20.3 Å². The predicted octanol–water partition coefficient (Wildman–Crippen LogP) is 1.83. The molecule has 2 heterocycles. The van der Waals surface area contributed by atoms with Gasteiger partial charge in [-0.1, -0.05) is 0 Å². The number of ether oxygens (including phenoxy) is 2. The highest BCUT2D eigenvalue weighted by Gasteiger charge is 2.56. The lowest BCUT2D eigenvalue weighted by Gasteiger charge is -2.45. The molecule has 114 valence electrons. The van der Waals surface area contributed by atoms with E-state index in [1.165, 1.54) is 0 Å². The van der Waals surface area contributed by atoms with Gasteiger partial charge in [0, 0.05) is 25.3 Å². The summed E-state index contributed by atoms with van der Waals surface area (Å²) >= 11 is 0. The van der Waals surface area contributed by atoms with E-state index >= 15 is 0 Å². The Morgan fingerprint density at radius 2 is 2.05 bits per heavy atom. The third kappa shape index (κ3) is 2.68. The summed E-state index contributed by atoms with van der Waals surface area (Å²) in [6, 6.07) is -0.0600. The number of hydrogen-bond acceptors (Lipinski definition) is 3. The van der Waals surface area contributed by atoms with E-state index in [2.05, 4.69) is 0 Å². The molecule has 0 aromatic rings. The van der Waals surface area contributed by atoms with Crippen LogP contribution in [0.3, 0.4) is 0 Å². The first-order chi connectivity index (χ1) is 9.28. The Bertz CT molecular complexity index is 413. The van der Waals surface area contributed by atoms with Gasteiger partial charge in [-0.3, -0.25) is 4.79 Å². The SMILES string of the molecule is CC1(C)CN(C(=O)CCC2CC2(F)F)[C@@H]2COC[C@H]2O1. The van der Waals surface area contributed by atoms with Crippen LogP contribution in [-0.2, 0) is 14.3 Å². The van der Waals surface area contributed by atoms with Crippen molar-refractivity contribution in [3.05, 3.63) is 0 Å². The molecule has 6 heteroatoms. The summed E-state index contributed by atoms with van der Waals surface area (Å²) in [5, 5.41) is 0. The largest absolute Gasteiger partial charge is 0.376 e. The zero-order valence-corrected chi connectivity index (χ0v) is 11.9. The fraction of sp³-hybridized carbons (Fsp3) is 0.929. The second-order valence-electron chi connectivity index (χ2n) is 6.74. The second-order valence-corrected chi connectivity index (χ2v) is 6.74. The van der Waals surface area contributed by atoms with Crippen molar-refractivity contribution in [2.45, 2.75) is 56.8 Å². The minimum atomic E-state index is -2.54. The van der Waals surface area contributed by atoms with Crippen molar-refractivity contribution in [1.82, 2.24) is 4.90 Å². The highest BCUT2D eigenvalue weighted by molar-refractivity contribution is 5.77. The minimum Gasteiger partial charge on any atom is -0.376 e. The molecule has 20 heavy (non-hydrogen) atoms. The Morgan fingerprint density at radius 3 is 2.70 bits per heavy atom. The standard InChI is InChI=1S/C14H21F2NO3/c1-13(2)8-17(10-6-19-7-11(10)20-13)12(18)4-3-9-5-14(9,15)16/h9-11H,3-8H2,1-2H3/t9?,10-,11-/m1/s1. The number of rotatable bonds is 3. The van der Waals surface area contributed by atoms with Crippen LogP contribution in [0, 0.1) is 5.92 Å². The van der Waals surface area contributed by atoms with Crippen molar-refractivity contribution in [3.63, 3.8) is 0 Å². The van der Waals surface area contributed by atoms with Crippen LogP contribution < -0.4 is 0 Å². The summed E-state index contributed by atoms with van der Waals surface area (Å²) in [7, 11) is 0. The summed E-state index contributed by atoms with van der Waals surface area (Å²) in [5.41, 5.74) is -0.409. The van der Waals surface area contributed by atoms with Gasteiger partial charge in [-0.2, -0.15) is 0 Å². The normalized spacial score (nSPS) is 37.6. The van der Waals surface area contributed by atoms with Crippen LogP contribution in [0.2, 0.25) is 0 Å². The molecule has 0 bridgehead atoms. The summed E-state index contributed by atoms with van der Waals surface area (Å²) < 4.78 is 37.0. The lowest BCUT2D eigenvalue weighted by Crippen LogP contribution is -2.60. The minimum absolute atomic E-state index is 0.0513. The molecule has 3 atom stereocenters. The van der Waals surface area contributed by atoms with E-state index in [4.69, 9.17) is 9.47 Å². The van der Waals surface area contributed by atoms with E-state index in [9.17, 15) is 13.6 Å². The Morgan fingerprint density at radius 1 is 1.35 bits per heavy atom. The van der Waals surface area contributed by atoms with E-state index in [1.54, 1.807) is 4.90 Å². The molecule has 1 amide bonds. The Kier molecular flexibility index (Phi) is 3.29. The average Bonchev–Trinajstić information content (AvgIpc) is 2.73. The summed E-state index contributed by atoms with van der Waals surface area (Å²) in [5.74, 6) is -3.19. The van der Waals surface area contributed by atoms with Crippen LogP contribution in [0.4, 0.5) is 8.78 Å². The number of hydrogen-bond donors (Lipinski definition) is 0. The van der Waals surface area contributed by atoms with Gasteiger partial charge in [-0.25, -0.2) is 8.78 Å².